The molecule has 1 aromatic heterocycles. The van der Waals surface area contributed by atoms with Gasteiger partial charge < -0.3 is 10.1 Å². The van der Waals surface area contributed by atoms with E-state index in [0.717, 1.165) is 4.68 Å². The van der Waals surface area contributed by atoms with Crippen LogP contribution in [0, 0.1) is 4.77 Å². The van der Waals surface area contributed by atoms with Gasteiger partial charge in [0.2, 0.25) is 4.77 Å². The van der Waals surface area contributed by atoms with Crippen LogP contribution in [0.15, 0.2) is 58.4 Å². The first-order valence-electron chi connectivity index (χ1n) is 6.23. The summed E-state index contributed by atoms with van der Waals surface area (Å²) in [5, 5.41) is 14.3. The van der Waals surface area contributed by atoms with Crippen LogP contribution < -0.4 is 5.56 Å². The topological polar surface area (TPSA) is 70.4 Å². The maximum Gasteiger partial charge on any atom is 0.282 e. The maximum atomic E-state index is 12.4. The zero-order valence-corrected chi connectivity index (χ0v) is 11.7. The summed E-state index contributed by atoms with van der Waals surface area (Å²) in [6.07, 6.45) is 1.40. The van der Waals surface area contributed by atoms with Gasteiger partial charge in [0.1, 0.15) is 5.75 Å². The summed E-state index contributed by atoms with van der Waals surface area (Å²) in [5.74, 6) is 0.0880. The smallest absolute Gasteiger partial charge is 0.282 e. The van der Waals surface area contributed by atoms with Crippen molar-refractivity contribution in [3.8, 4) is 5.75 Å². The third-order valence-electron chi connectivity index (χ3n) is 3.03. The average molecular weight is 297 g/mol. The van der Waals surface area contributed by atoms with Crippen molar-refractivity contribution in [1.82, 2.24) is 9.66 Å². The van der Waals surface area contributed by atoms with Gasteiger partial charge in [0.05, 0.1) is 17.1 Å². The van der Waals surface area contributed by atoms with Crippen LogP contribution in [0.5, 0.6) is 5.75 Å². The molecule has 0 atom stereocenters. The van der Waals surface area contributed by atoms with Gasteiger partial charge >= 0.3 is 0 Å². The molecule has 0 aliphatic heterocycles. The molecule has 3 aromatic rings. The van der Waals surface area contributed by atoms with E-state index in [0.29, 0.717) is 16.5 Å². The number of nitrogens with one attached hydrogen (secondary N) is 1. The Hall–Kier alpha value is -2.73. The van der Waals surface area contributed by atoms with Crippen molar-refractivity contribution in [3.63, 3.8) is 0 Å². The molecule has 3 rings (SSSR count). The first kappa shape index (κ1) is 13.3. The van der Waals surface area contributed by atoms with Crippen LogP contribution >= 0.6 is 12.2 Å². The summed E-state index contributed by atoms with van der Waals surface area (Å²) in [6.45, 7) is 0. The Labute approximate surface area is 124 Å². The highest BCUT2D eigenvalue weighted by Crippen LogP contribution is 2.13. The summed E-state index contributed by atoms with van der Waals surface area (Å²) < 4.78 is 1.30. The normalized spacial score (nSPS) is 11.2. The number of hydrogen-bond donors (Lipinski definition) is 2. The van der Waals surface area contributed by atoms with Gasteiger partial charge in [-0.25, -0.2) is 0 Å². The number of phenolic OH excluding ortho intramolecular Hbond substituents is 1. The third-order valence-corrected chi connectivity index (χ3v) is 3.31. The summed E-state index contributed by atoms with van der Waals surface area (Å²) in [5.41, 5.74) is 0.870. The summed E-state index contributed by atoms with van der Waals surface area (Å²) >= 11 is 5.15. The molecule has 5 nitrogen and oxygen atoms in total. The van der Waals surface area contributed by atoms with Gasteiger partial charge in [-0.2, -0.15) is 9.78 Å². The molecule has 2 aromatic carbocycles. The van der Waals surface area contributed by atoms with Crippen molar-refractivity contribution in [2.45, 2.75) is 0 Å². The molecule has 21 heavy (non-hydrogen) atoms. The van der Waals surface area contributed by atoms with Gasteiger partial charge in [0.15, 0.2) is 0 Å². The minimum Gasteiger partial charge on any atom is -0.507 e. The predicted octanol–water partition coefficient (Wildman–Crippen LogP) is 2.65. The fraction of sp³-hybridized carbons (Fsp3) is 0. The van der Waals surface area contributed by atoms with E-state index in [1.807, 2.05) is 6.07 Å². The van der Waals surface area contributed by atoms with E-state index in [-0.39, 0.29) is 16.1 Å². The Bertz CT molecular complexity index is 957. The molecule has 0 amide bonds. The maximum absolute atomic E-state index is 12.4. The zero-order valence-electron chi connectivity index (χ0n) is 10.9. The number of nitrogens with zero attached hydrogens (tertiary/aromatic N) is 2. The fourth-order valence-corrected chi connectivity index (χ4v) is 2.21. The number of fused-ring (bicyclic) bond motifs is 1. The lowest BCUT2D eigenvalue weighted by Gasteiger charge is -2.02. The molecule has 1 heterocycles. The van der Waals surface area contributed by atoms with Crippen LogP contribution in [-0.4, -0.2) is 21.0 Å². The van der Waals surface area contributed by atoms with E-state index < -0.39 is 0 Å². The summed E-state index contributed by atoms with van der Waals surface area (Å²) in [6, 6.07) is 13.8. The second kappa shape index (κ2) is 5.34. The van der Waals surface area contributed by atoms with E-state index in [2.05, 4.69) is 10.1 Å². The van der Waals surface area contributed by atoms with Gasteiger partial charge in [0.25, 0.3) is 5.56 Å². The molecule has 0 spiro atoms. The Kier molecular flexibility index (Phi) is 3.37. The first-order valence-corrected chi connectivity index (χ1v) is 6.64. The lowest BCUT2D eigenvalue weighted by atomic mass is 10.2. The Morgan fingerprint density at radius 1 is 1.14 bits per heavy atom. The minimum atomic E-state index is -0.305. The molecule has 0 bridgehead atoms. The van der Waals surface area contributed by atoms with E-state index in [1.165, 1.54) is 6.21 Å². The van der Waals surface area contributed by atoms with Crippen LogP contribution in [-0.2, 0) is 0 Å². The van der Waals surface area contributed by atoms with Crippen LogP contribution in [0.3, 0.4) is 0 Å². The van der Waals surface area contributed by atoms with Gasteiger partial charge in [-0.1, -0.05) is 24.3 Å². The molecule has 104 valence electrons. The Morgan fingerprint density at radius 2 is 1.86 bits per heavy atom. The molecule has 0 unspecified atom stereocenters. The monoisotopic (exact) mass is 297 g/mol. The highest BCUT2D eigenvalue weighted by molar-refractivity contribution is 7.71. The summed E-state index contributed by atoms with van der Waals surface area (Å²) in [7, 11) is 0. The van der Waals surface area contributed by atoms with Gasteiger partial charge in [0, 0.05) is 5.56 Å². The molecule has 0 aliphatic rings. The molecule has 6 heteroatoms. The molecule has 2 N–H and O–H groups in total. The molecule has 0 radical (unpaired) electrons. The second-order valence-corrected chi connectivity index (χ2v) is 4.78. The van der Waals surface area contributed by atoms with Crippen LogP contribution in [0.2, 0.25) is 0 Å². The number of phenols is 1. The van der Waals surface area contributed by atoms with Crippen molar-refractivity contribution >= 4 is 29.3 Å². The molecule has 0 aliphatic carbocycles. The molecular formula is C15H11N3O2S. The number of aromatic amines is 1. The van der Waals surface area contributed by atoms with Crippen molar-refractivity contribution in [1.29, 1.82) is 0 Å². The standard InChI is InChI=1S/C15H11N3O2S/c19-13-8-4-1-5-10(13)9-16-18-14(20)11-6-2-3-7-12(11)17-15(18)21/h1-9,19H,(H,17,21)/b16-9+. The Balaban J connectivity index is 2.16. The first-order chi connectivity index (χ1) is 10.2. The SMILES string of the molecule is O=c1c2ccccc2[nH]c(=S)n1/N=C/c1ccccc1O. The number of para-hydroxylation sites is 2. The lowest BCUT2D eigenvalue weighted by Crippen LogP contribution is -2.18. The van der Waals surface area contributed by atoms with E-state index in [4.69, 9.17) is 12.2 Å². The third kappa shape index (κ3) is 2.48. The number of hydrogen-bond acceptors (Lipinski definition) is 4. The number of H-pyrrole nitrogens is 1. The van der Waals surface area contributed by atoms with E-state index in [1.54, 1.807) is 42.5 Å². The van der Waals surface area contributed by atoms with Crippen molar-refractivity contribution in [2.75, 3.05) is 0 Å². The quantitative estimate of drug-likeness (QED) is 0.564. The van der Waals surface area contributed by atoms with Crippen molar-refractivity contribution in [2.24, 2.45) is 5.10 Å². The number of benzene rings is 2. The second-order valence-electron chi connectivity index (χ2n) is 4.40. The summed E-state index contributed by atoms with van der Waals surface area (Å²) in [4.78, 5) is 15.3. The molecule has 0 saturated carbocycles. The number of aromatic hydroxyl groups is 1. The van der Waals surface area contributed by atoms with Crippen molar-refractivity contribution in [3.05, 3.63) is 69.2 Å². The molecule has 0 saturated heterocycles. The zero-order chi connectivity index (χ0) is 14.8. The van der Waals surface area contributed by atoms with Crippen LogP contribution in [0.1, 0.15) is 5.56 Å². The van der Waals surface area contributed by atoms with E-state index >= 15 is 0 Å². The highest BCUT2D eigenvalue weighted by atomic mass is 32.1. The Morgan fingerprint density at radius 3 is 2.67 bits per heavy atom. The lowest BCUT2D eigenvalue weighted by molar-refractivity contribution is 0.474. The van der Waals surface area contributed by atoms with Crippen molar-refractivity contribution < 1.29 is 5.11 Å². The van der Waals surface area contributed by atoms with Gasteiger partial charge in [-0.15, -0.1) is 0 Å². The molecular weight excluding hydrogens is 286 g/mol. The number of aromatic nitrogens is 2. The predicted molar refractivity (Wildman–Crippen MR) is 84.5 cm³/mol. The van der Waals surface area contributed by atoms with Crippen LogP contribution in [0.4, 0.5) is 0 Å². The largest absolute Gasteiger partial charge is 0.507 e. The van der Waals surface area contributed by atoms with Gasteiger partial charge in [-0.3, -0.25) is 4.79 Å². The fourth-order valence-electron chi connectivity index (χ4n) is 1.97. The highest BCUT2D eigenvalue weighted by Gasteiger charge is 2.03. The van der Waals surface area contributed by atoms with Crippen LogP contribution in [0.25, 0.3) is 10.9 Å². The molecule has 0 fully saturated rings. The minimum absolute atomic E-state index is 0.0880. The van der Waals surface area contributed by atoms with Gasteiger partial charge in [-0.05, 0) is 36.5 Å². The number of rotatable bonds is 2. The van der Waals surface area contributed by atoms with E-state index in [9.17, 15) is 9.90 Å². The average Bonchev–Trinajstić information content (AvgIpc) is 2.49.